The van der Waals surface area contributed by atoms with Gasteiger partial charge in [-0.3, -0.25) is 0 Å². The topological polar surface area (TPSA) is 83.9 Å². The number of ether oxygens (including phenoxy) is 1. The second-order valence-electron chi connectivity index (χ2n) is 4.86. The number of hydrogen-bond donors (Lipinski definition) is 1. The molecular weight excluding hydrogens is 306 g/mol. The summed E-state index contributed by atoms with van der Waals surface area (Å²) in [6.45, 7) is 1.48. The van der Waals surface area contributed by atoms with Crippen molar-refractivity contribution in [2.45, 2.75) is 17.4 Å². The summed E-state index contributed by atoms with van der Waals surface area (Å²) >= 11 is 5.78. The van der Waals surface area contributed by atoms with E-state index in [0.717, 1.165) is 0 Å². The van der Waals surface area contributed by atoms with E-state index in [1.807, 2.05) is 0 Å². The molecule has 0 saturated carbocycles. The van der Waals surface area contributed by atoms with Crippen molar-refractivity contribution in [3.05, 3.63) is 29.3 Å². The van der Waals surface area contributed by atoms with Gasteiger partial charge in [0.15, 0.2) is 0 Å². The first-order valence-corrected chi connectivity index (χ1v) is 7.66. The molecule has 1 saturated heterocycles. The Kier molecular flexibility index (Phi) is 4.06. The van der Waals surface area contributed by atoms with E-state index in [1.165, 1.54) is 16.4 Å². The van der Waals surface area contributed by atoms with Crippen LogP contribution in [0.5, 0.6) is 0 Å². The lowest BCUT2D eigenvalue weighted by molar-refractivity contribution is -0.157. The molecule has 20 heavy (non-hydrogen) atoms. The molecule has 0 atom stereocenters. The van der Waals surface area contributed by atoms with Crippen LogP contribution >= 0.6 is 11.6 Å². The molecular formula is C12H14ClNO5S. The molecule has 0 amide bonds. The minimum atomic E-state index is -3.61. The van der Waals surface area contributed by atoms with Crippen molar-refractivity contribution in [2.24, 2.45) is 0 Å². The Labute approximate surface area is 122 Å². The first kappa shape index (κ1) is 15.2. The van der Waals surface area contributed by atoms with Crippen LogP contribution in [0.2, 0.25) is 5.02 Å². The maximum Gasteiger partial charge on any atom is 0.329 e. The third kappa shape index (κ3) is 3.12. The highest BCUT2D eigenvalue weighted by atomic mass is 35.5. The predicted molar refractivity (Wildman–Crippen MR) is 72.2 cm³/mol. The quantitative estimate of drug-likeness (QED) is 0.881. The largest absolute Gasteiger partial charge is 0.480 e. The number of hydrogen-bond acceptors (Lipinski definition) is 4. The summed E-state index contributed by atoms with van der Waals surface area (Å²) < 4.78 is 31.0. The van der Waals surface area contributed by atoms with Crippen LogP contribution in [0.1, 0.15) is 6.92 Å². The molecule has 0 unspecified atom stereocenters. The number of carboxylic acids is 1. The molecule has 2 rings (SSSR count). The molecule has 0 radical (unpaired) electrons. The minimum Gasteiger partial charge on any atom is -0.480 e. The van der Waals surface area contributed by atoms with Crippen molar-refractivity contribution in [2.75, 3.05) is 19.7 Å². The first-order valence-electron chi connectivity index (χ1n) is 5.84. The molecule has 1 aliphatic rings. The zero-order chi connectivity index (χ0) is 15.0. The summed E-state index contributed by atoms with van der Waals surface area (Å²) in [6, 6.07) is 6.01. The number of rotatable bonds is 5. The second-order valence-corrected chi connectivity index (χ2v) is 7.24. The van der Waals surface area contributed by atoms with Crippen LogP contribution in [0.15, 0.2) is 29.2 Å². The Balaban J connectivity index is 2.06. The van der Waals surface area contributed by atoms with Crippen LogP contribution in [0.3, 0.4) is 0 Å². The van der Waals surface area contributed by atoms with Gasteiger partial charge in [0.1, 0.15) is 6.61 Å². The fourth-order valence-electron chi connectivity index (χ4n) is 1.97. The van der Waals surface area contributed by atoms with E-state index in [1.54, 1.807) is 19.1 Å². The maximum absolute atomic E-state index is 12.3. The molecule has 1 aromatic carbocycles. The monoisotopic (exact) mass is 319 g/mol. The summed E-state index contributed by atoms with van der Waals surface area (Å²) in [7, 11) is -3.61. The van der Waals surface area contributed by atoms with Crippen molar-refractivity contribution in [1.82, 2.24) is 4.31 Å². The zero-order valence-corrected chi connectivity index (χ0v) is 12.3. The first-order chi connectivity index (χ1) is 9.23. The van der Waals surface area contributed by atoms with E-state index in [0.29, 0.717) is 5.02 Å². The Morgan fingerprint density at radius 1 is 1.50 bits per heavy atom. The zero-order valence-electron chi connectivity index (χ0n) is 10.7. The van der Waals surface area contributed by atoms with Crippen LogP contribution in [-0.4, -0.2) is 49.1 Å². The number of carbonyl (C=O) groups is 1. The van der Waals surface area contributed by atoms with Crippen LogP contribution in [-0.2, 0) is 19.6 Å². The molecule has 1 aliphatic heterocycles. The molecule has 0 aliphatic carbocycles. The van der Waals surface area contributed by atoms with E-state index in [4.69, 9.17) is 21.4 Å². The normalized spacial score (nSPS) is 18.5. The third-order valence-electron chi connectivity index (χ3n) is 3.00. The molecule has 0 bridgehead atoms. The van der Waals surface area contributed by atoms with E-state index in [-0.39, 0.29) is 18.0 Å². The van der Waals surface area contributed by atoms with Crippen LogP contribution in [0, 0.1) is 0 Å². The summed E-state index contributed by atoms with van der Waals surface area (Å²) in [5.41, 5.74) is -0.760. The number of benzene rings is 1. The van der Waals surface area contributed by atoms with Gasteiger partial charge in [0.2, 0.25) is 10.0 Å². The van der Waals surface area contributed by atoms with Crippen molar-refractivity contribution >= 4 is 27.6 Å². The van der Waals surface area contributed by atoms with Gasteiger partial charge < -0.3 is 9.84 Å². The number of nitrogens with zero attached hydrogens (tertiary/aromatic N) is 1. The minimum absolute atomic E-state index is 0.116. The number of aliphatic carboxylic acids is 1. The van der Waals surface area contributed by atoms with Crippen LogP contribution in [0.25, 0.3) is 0 Å². The lowest BCUT2D eigenvalue weighted by Gasteiger charge is -2.46. The number of carboxylic acid groups (broad SMARTS) is 1. The predicted octanol–water partition coefficient (Wildman–Crippen LogP) is 1.20. The van der Waals surface area contributed by atoms with E-state index >= 15 is 0 Å². The fraction of sp³-hybridized carbons (Fsp3) is 0.417. The molecule has 6 nitrogen and oxygen atoms in total. The number of halogens is 1. The molecule has 1 heterocycles. The van der Waals surface area contributed by atoms with Crippen LogP contribution in [0.4, 0.5) is 0 Å². The van der Waals surface area contributed by atoms with Gasteiger partial charge in [0.05, 0.1) is 10.5 Å². The SMILES string of the molecule is CC1(OCC(=O)O)CN(S(=O)(=O)c2cccc(Cl)c2)C1. The Bertz CT molecular complexity index is 624. The van der Waals surface area contributed by atoms with Crippen molar-refractivity contribution < 1.29 is 23.1 Å². The Hall–Kier alpha value is -1.15. The molecule has 1 N–H and O–H groups in total. The van der Waals surface area contributed by atoms with Gasteiger partial charge in [-0.25, -0.2) is 13.2 Å². The Morgan fingerprint density at radius 3 is 2.70 bits per heavy atom. The van der Waals surface area contributed by atoms with Gasteiger partial charge in [-0.1, -0.05) is 17.7 Å². The Morgan fingerprint density at radius 2 is 2.15 bits per heavy atom. The van der Waals surface area contributed by atoms with Crippen molar-refractivity contribution in [3.63, 3.8) is 0 Å². The van der Waals surface area contributed by atoms with Gasteiger partial charge in [-0.2, -0.15) is 4.31 Å². The summed E-state index contributed by atoms with van der Waals surface area (Å²) in [4.78, 5) is 10.6. The standard InChI is InChI=1S/C12H14ClNO5S/c1-12(19-6-11(15)16)7-14(8-12)20(17,18)10-4-2-3-9(13)5-10/h2-5H,6-8H2,1H3,(H,15,16). The van der Waals surface area contributed by atoms with Crippen LogP contribution < -0.4 is 0 Å². The maximum atomic E-state index is 12.3. The average Bonchev–Trinajstić information content (AvgIpc) is 2.33. The van der Waals surface area contributed by atoms with E-state index in [2.05, 4.69) is 0 Å². The molecule has 8 heteroatoms. The lowest BCUT2D eigenvalue weighted by atomic mass is 10.0. The summed E-state index contributed by atoms with van der Waals surface area (Å²) in [5.74, 6) is -1.08. The van der Waals surface area contributed by atoms with Gasteiger partial charge >= 0.3 is 5.97 Å². The van der Waals surface area contributed by atoms with E-state index < -0.39 is 28.2 Å². The highest BCUT2D eigenvalue weighted by Crippen LogP contribution is 2.31. The molecule has 1 aromatic rings. The molecule has 0 aromatic heterocycles. The van der Waals surface area contributed by atoms with Crippen molar-refractivity contribution in [3.8, 4) is 0 Å². The van der Waals surface area contributed by atoms with E-state index in [9.17, 15) is 13.2 Å². The summed E-state index contributed by atoms with van der Waals surface area (Å²) in [6.07, 6.45) is 0. The average molecular weight is 320 g/mol. The van der Waals surface area contributed by atoms with Gasteiger partial charge in [-0.15, -0.1) is 0 Å². The molecule has 1 fully saturated rings. The van der Waals surface area contributed by atoms with Gasteiger partial charge in [0.25, 0.3) is 0 Å². The van der Waals surface area contributed by atoms with Gasteiger partial charge in [-0.05, 0) is 25.1 Å². The van der Waals surface area contributed by atoms with Crippen molar-refractivity contribution in [1.29, 1.82) is 0 Å². The van der Waals surface area contributed by atoms with Gasteiger partial charge in [0, 0.05) is 18.1 Å². The highest BCUT2D eigenvalue weighted by Gasteiger charge is 2.46. The molecule has 110 valence electrons. The number of sulfonamides is 1. The second kappa shape index (κ2) is 5.33. The lowest BCUT2D eigenvalue weighted by Crippen LogP contribution is -2.63. The highest BCUT2D eigenvalue weighted by molar-refractivity contribution is 7.89. The summed E-state index contributed by atoms with van der Waals surface area (Å²) in [5, 5.41) is 8.90. The smallest absolute Gasteiger partial charge is 0.329 e. The molecule has 0 spiro atoms. The fourth-order valence-corrected chi connectivity index (χ4v) is 3.94. The third-order valence-corrected chi connectivity index (χ3v) is 5.02.